The first kappa shape index (κ1) is 17.9. The molecule has 0 unspecified atom stereocenters. The van der Waals surface area contributed by atoms with Crippen molar-refractivity contribution < 1.29 is 4.79 Å². The predicted octanol–water partition coefficient (Wildman–Crippen LogP) is 0.767. The number of amides is 1. The molecule has 0 spiro atoms. The van der Waals surface area contributed by atoms with Gasteiger partial charge in [0.05, 0.1) is 10.9 Å². The minimum atomic E-state index is -0.475. The fourth-order valence-corrected chi connectivity index (χ4v) is 2.67. The first-order valence-corrected chi connectivity index (χ1v) is 7.92. The molecule has 1 aromatic carbocycles. The average Bonchev–Trinajstić information content (AvgIpc) is 2.53. The van der Waals surface area contributed by atoms with Crippen molar-refractivity contribution in [3.8, 4) is 0 Å². The molecule has 0 aliphatic carbocycles. The smallest absolute Gasteiger partial charge is 0.328 e. The second kappa shape index (κ2) is 6.60. The molecule has 130 valence electrons. The molecule has 7 nitrogen and oxygen atoms in total. The monoisotopic (exact) mass is 332 g/mol. The second-order valence-electron chi connectivity index (χ2n) is 6.77. The van der Waals surface area contributed by atoms with Gasteiger partial charge in [-0.2, -0.15) is 0 Å². The number of nitrogens with two attached hydrogens (primary N) is 1. The Kier molecular flexibility index (Phi) is 4.94. The highest BCUT2D eigenvalue weighted by molar-refractivity contribution is 5.97. The Morgan fingerprint density at radius 1 is 1.33 bits per heavy atom. The Morgan fingerprint density at radius 3 is 2.58 bits per heavy atom. The van der Waals surface area contributed by atoms with E-state index in [4.69, 9.17) is 5.73 Å². The van der Waals surface area contributed by atoms with Gasteiger partial charge < -0.3 is 15.6 Å². The summed E-state index contributed by atoms with van der Waals surface area (Å²) in [6.07, 6.45) is 0. The number of benzene rings is 1. The number of aromatic nitrogens is 2. The van der Waals surface area contributed by atoms with Crippen LogP contribution in [0.5, 0.6) is 0 Å². The maximum Gasteiger partial charge on any atom is 0.328 e. The zero-order chi connectivity index (χ0) is 18.1. The van der Waals surface area contributed by atoms with Crippen LogP contribution in [-0.4, -0.2) is 40.5 Å². The lowest BCUT2D eigenvalue weighted by Gasteiger charge is -2.29. The Balaban J connectivity index is 2.43. The van der Waals surface area contributed by atoms with Crippen LogP contribution in [0.2, 0.25) is 0 Å². The molecular formula is C17H24N4O3. The standard InChI is InChI=1S/C17H24N4O3/c1-5-21-15(23)12-7-6-11(8-13(12)19-16(21)24)14(22)20(4)10-17(2,3)9-18/h6-8H,5,9-10,18H2,1-4H3,(H,19,24). The molecule has 2 rings (SSSR count). The third-order valence-electron chi connectivity index (χ3n) is 4.11. The van der Waals surface area contributed by atoms with Crippen molar-refractivity contribution in [2.45, 2.75) is 27.3 Å². The Labute approximate surface area is 140 Å². The molecule has 0 bridgehead atoms. The predicted molar refractivity (Wildman–Crippen MR) is 94.3 cm³/mol. The zero-order valence-corrected chi connectivity index (χ0v) is 14.5. The van der Waals surface area contributed by atoms with Gasteiger partial charge in [0.1, 0.15) is 0 Å². The van der Waals surface area contributed by atoms with Crippen LogP contribution in [0.3, 0.4) is 0 Å². The molecule has 7 heteroatoms. The van der Waals surface area contributed by atoms with Gasteiger partial charge in [0.2, 0.25) is 0 Å². The van der Waals surface area contributed by atoms with Crippen LogP contribution >= 0.6 is 0 Å². The van der Waals surface area contributed by atoms with Crippen molar-refractivity contribution in [3.63, 3.8) is 0 Å². The fraction of sp³-hybridized carbons (Fsp3) is 0.471. The van der Waals surface area contributed by atoms with Crippen LogP contribution in [0.25, 0.3) is 10.9 Å². The van der Waals surface area contributed by atoms with E-state index in [0.29, 0.717) is 36.1 Å². The zero-order valence-electron chi connectivity index (χ0n) is 14.5. The van der Waals surface area contributed by atoms with Gasteiger partial charge in [0.25, 0.3) is 11.5 Å². The number of carbonyl (C=O) groups excluding carboxylic acids is 1. The van der Waals surface area contributed by atoms with Gasteiger partial charge >= 0.3 is 5.69 Å². The minimum absolute atomic E-state index is 0.182. The molecule has 0 saturated carbocycles. The van der Waals surface area contributed by atoms with Gasteiger partial charge in [-0.15, -0.1) is 0 Å². The summed E-state index contributed by atoms with van der Waals surface area (Å²) >= 11 is 0. The number of rotatable bonds is 5. The van der Waals surface area contributed by atoms with Gasteiger partial charge in [0.15, 0.2) is 0 Å². The molecule has 0 fully saturated rings. The molecule has 0 radical (unpaired) electrons. The summed E-state index contributed by atoms with van der Waals surface area (Å²) < 4.78 is 1.12. The Morgan fingerprint density at radius 2 is 2.00 bits per heavy atom. The van der Waals surface area contributed by atoms with Gasteiger partial charge in [-0.3, -0.25) is 14.2 Å². The van der Waals surface area contributed by atoms with E-state index in [0.717, 1.165) is 4.57 Å². The number of hydrogen-bond donors (Lipinski definition) is 2. The minimum Gasteiger partial charge on any atom is -0.341 e. The molecular weight excluding hydrogens is 308 g/mol. The van der Waals surface area contributed by atoms with Crippen LogP contribution in [0.4, 0.5) is 0 Å². The fourth-order valence-electron chi connectivity index (χ4n) is 2.67. The summed E-state index contributed by atoms with van der Waals surface area (Å²) in [7, 11) is 1.71. The van der Waals surface area contributed by atoms with Gasteiger partial charge in [0, 0.05) is 25.7 Å². The topological polar surface area (TPSA) is 101 Å². The lowest BCUT2D eigenvalue weighted by atomic mass is 9.93. The third kappa shape index (κ3) is 3.41. The van der Waals surface area contributed by atoms with E-state index in [9.17, 15) is 14.4 Å². The maximum absolute atomic E-state index is 12.6. The average molecular weight is 332 g/mol. The highest BCUT2D eigenvalue weighted by Crippen LogP contribution is 2.17. The maximum atomic E-state index is 12.6. The van der Waals surface area contributed by atoms with Crippen molar-refractivity contribution in [2.24, 2.45) is 11.1 Å². The van der Waals surface area contributed by atoms with Gasteiger partial charge in [-0.1, -0.05) is 13.8 Å². The second-order valence-corrected chi connectivity index (χ2v) is 6.77. The molecule has 2 aromatic rings. The summed E-state index contributed by atoms with van der Waals surface area (Å²) in [5.74, 6) is -0.182. The molecule has 1 amide bonds. The number of H-pyrrole nitrogens is 1. The number of aromatic amines is 1. The molecule has 0 saturated heterocycles. The summed E-state index contributed by atoms with van der Waals surface area (Å²) in [5.41, 5.74) is 5.48. The molecule has 0 aliphatic heterocycles. The van der Waals surface area contributed by atoms with Crippen molar-refractivity contribution in [3.05, 3.63) is 44.6 Å². The molecule has 1 heterocycles. The Hall–Kier alpha value is -2.41. The number of nitrogens with one attached hydrogen (secondary N) is 1. The van der Waals surface area contributed by atoms with E-state index < -0.39 is 5.69 Å². The Bertz CT molecular complexity index is 880. The van der Waals surface area contributed by atoms with Crippen LogP contribution in [0, 0.1) is 5.41 Å². The van der Waals surface area contributed by atoms with E-state index in [-0.39, 0.29) is 16.9 Å². The van der Waals surface area contributed by atoms with E-state index in [1.807, 2.05) is 13.8 Å². The molecule has 0 aliphatic rings. The van der Waals surface area contributed by atoms with E-state index in [1.54, 1.807) is 37.1 Å². The summed E-state index contributed by atoms with van der Waals surface area (Å²) in [6.45, 7) is 6.97. The summed E-state index contributed by atoms with van der Waals surface area (Å²) in [5, 5.41) is 0.387. The van der Waals surface area contributed by atoms with Crippen LogP contribution in [0.1, 0.15) is 31.1 Å². The number of hydrogen-bond acceptors (Lipinski definition) is 4. The quantitative estimate of drug-likeness (QED) is 0.844. The molecule has 3 N–H and O–H groups in total. The van der Waals surface area contributed by atoms with Crippen molar-refractivity contribution in [1.29, 1.82) is 0 Å². The normalized spacial score (nSPS) is 11.7. The van der Waals surface area contributed by atoms with Gasteiger partial charge in [-0.05, 0) is 37.1 Å². The first-order valence-electron chi connectivity index (χ1n) is 7.92. The SMILES string of the molecule is CCn1c(=O)[nH]c2cc(C(=O)N(C)CC(C)(C)CN)ccc2c1=O. The van der Waals surface area contributed by atoms with Crippen molar-refractivity contribution in [2.75, 3.05) is 20.1 Å². The third-order valence-corrected chi connectivity index (χ3v) is 4.11. The van der Waals surface area contributed by atoms with Crippen LogP contribution < -0.4 is 17.0 Å². The lowest BCUT2D eigenvalue weighted by molar-refractivity contribution is 0.0740. The number of fused-ring (bicyclic) bond motifs is 1. The van der Waals surface area contributed by atoms with Crippen LogP contribution in [-0.2, 0) is 6.54 Å². The summed E-state index contributed by atoms with van der Waals surface area (Å²) in [4.78, 5) is 41.0. The largest absolute Gasteiger partial charge is 0.341 e. The number of carbonyl (C=O) groups is 1. The summed E-state index contributed by atoms with van der Waals surface area (Å²) in [6, 6.07) is 4.73. The van der Waals surface area contributed by atoms with Crippen molar-refractivity contribution >= 4 is 16.8 Å². The van der Waals surface area contributed by atoms with E-state index in [2.05, 4.69) is 4.98 Å². The first-order chi connectivity index (χ1) is 11.2. The number of nitrogens with zero attached hydrogens (tertiary/aromatic N) is 2. The molecule has 1 aromatic heterocycles. The molecule has 0 atom stereocenters. The highest BCUT2D eigenvalue weighted by atomic mass is 16.2. The lowest BCUT2D eigenvalue weighted by Crippen LogP contribution is -2.39. The molecule has 24 heavy (non-hydrogen) atoms. The van der Waals surface area contributed by atoms with E-state index >= 15 is 0 Å². The highest BCUT2D eigenvalue weighted by Gasteiger charge is 2.22. The van der Waals surface area contributed by atoms with Crippen molar-refractivity contribution in [1.82, 2.24) is 14.5 Å². The van der Waals surface area contributed by atoms with Gasteiger partial charge in [-0.25, -0.2) is 4.79 Å². The van der Waals surface area contributed by atoms with Crippen LogP contribution in [0.15, 0.2) is 27.8 Å². The van der Waals surface area contributed by atoms with E-state index in [1.165, 1.54) is 0 Å².